The van der Waals surface area contributed by atoms with Crippen LogP contribution in [0, 0.1) is 13.8 Å². The molecule has 7 nitrogen and oxygen atoms in total. The minimum Gasteiger partial charge on any atom is -0.460 e. The van der Waals surface area contributed by atoms with Crippen LogP contribution in [0.1, 0.15) is 50.5 Å². The fourth-order valence-electron chi connectivity index (χ4n) is 3.91. The molecule has 0 aliphatic carbocycles. The Morgan fingerprint density at radius 1 is 1.13 bits per heavy atom. The predicted molar refractivity (Wildman–Crippen MR) is 115 cm³/mol. The van der Waals surface area contributed by atoms with Gasteiger partial charge in [-0.15, -0.1) is 0 Å². The maximum Gasteiger partial charge on any atom is 0.340 e. The van der Waals surface area contributed by atoms with Crippen LogP contribution in [0.5, 0.6) is 0 Å². The Labute approximate surface area is 177 Å². The highest BCUT2D eigenvalue weighted by atomic mass is 16.6. The summed E-state index contributed by atoms with van der Waals surface area (Å²) in [4.78, 5) is 30.6. The summed E-state index contributed by atoms with van der Waals surface area (Å²) in [7, 11) is 1.55. The molecule has 0 bridgehead atoms. The number of nitrogens with one attached hydrogen (secondary N) is 2. The lowest BCUT2D eigenvalue weighted by Gasteiger charge is -2.32. The molecule has 2 N–H and O–H groups in total. The van der Waals surface area contributed by atoms with E-state index in [1.165, 1.54) is 5.56 Å². The highest BCUT2D eigenvalue weighted by Crippen LogP contribution is 2.20. The number of carbonyl (C=O) groups is 2. The van der Waals surface area contributed by atoms with Gasteiger partial charge in [-0.2, -0.15) is 0 Å². The molecule has 1 saturated heterocycles. The summed E-state index contributed by atoms with van der Waals surface area (Å²) in [6.07, 6.45) is 1.81. The van der Waals surface area contributed by atoms with Crippen molar-refractivity contribution in [3.63, 3.8) is 0 Å². The van der Waals surface area contributed by atoms with Gasteiger partial charge >= 0.3 is 5.97 Å². The molecule has 1 aromatic heterocycles. The number of nitrogens with zero attached hydrogens (tertiary/aromatic N) is 1. The molecule has 2 heterocycles. The van der Waals surface area contributed by atoms with Crippen molar-refractivity contribution in [2.24, 2.45) is 0 Å². The Balaban J connectivity index is 1.54. The number of aromatic nitrogens is 1. The molecule has 0 atom stereocenters. The highest BCUT2D eigenvalue weighted by Gasteiger charge is 2.26. The van der Waals surface area contributed by atoms with Crippen LogP contribution in [0.2, 0.25) is 0 Å². The number of methoxy groups -OCH3 is 1. The van der Waals surface area contributed by atoms with Gasteiger partial charge < -0.3 is 19.8 Å². The molecule has 30 heavy (non-hydrogen) atoms. The molecule has 1 amide bonds. The van der Waals surface area contributed by atoms with Gasteiger partial charge in [0, 0.05) is 38.5 Å². The fraction of sp³-hybridized carbons (Fsp3) is 0.478. The number of benzene rings is 1. The second-order valence-corrected chi connectivity index (χ2v) is 7.76. The summed E-state index contributed by atoms with van der Waals surface area (Å²) < 4.78 is 10.1. The molecule has 162 valence electrons. The number of amides is 1. The summed E-state index contributed by atoms with van der Waals surface area (Å²) >= 11 is 0. The van der Waals surface area contributed by atoms with Gasteiger partial charge in [-0.05, 0) is 37.8 Å². The Morgan fingerprint density at radius 2 is 1.83 bits per heavy atom. The van der Waals surface area contributed by atoms with Crippen LogP contribution < -0.4 is 5.32 Å². The van der Waals surface area contributed by atoms with Crippen molar-refractivity contribution in [2.75, 3.05) is 33.4 Å². The summed E-state index contributed by atoms with van der Waals surface area (Å²) in [5.74, 6) is -0.611. The van der Waals surface area contributed by atoms with E-state index in [4.69, 9.17) is 9.47 Å². The lowest BCUT2D eigenvalue weighted by molar-refractivity contribution is 0.0387. The van der Waals surface area contributed by atoms with Crippen LogP contribution in [0.25, 0.3) is 0 Å². The molecule has 0 spiro atoms. The molecule has 1 aliphatic rings. The number of H-pyrrole nitrogens is 1. The second-order valence-electron chi connectivity index (χ2n) is 7.76. The fourth-order valence-corrected chi connectivity index (χ4v) is 3.91. The average molecular weight is 414 g/mol. The topological polar surface area (TPSA) is 83.7 Å². The third-order valence-electron chi connectivity index (χ3n) is 5.56. The number of aromatic amines is 1. The zero-order valence-corrected chi connectivity index (χ0v) is 18.0. The Bertz CT molecular complexity index is 855. The van der Waals surface area contributed by atoms with E-state index in [1.54, 1.807) is 21.0 Å². The molecule has 1 fully saturated rings. The van der Waals surface area contributed by atoms with Crippen molar-refractivity contribution in [1.82, 2.24) is 15.2 Å². The van der Waals surface area contributed by atoms with E-state index in [0.717, 1.165) is 32.5 Å². The molecule has 2 aromatic rings. The van der Waals surface area contributed by atoms with E-state index in [2.05, 4.69) is 39.5 Å². The molecule has 0 saturated carbocycles. The Kier molecular flexibility index (Phi) is 7.65. The van der Waals surface area contributed by atoms with E-state index in [1.807, 2.05) is 6.07 Å². The van der Waals surface area contributed by atoms with Crippen LogP contribution in [0.4, 0.5) is 0 Å². The first-order chi connectivity index (χ1) is 14.5. The van der Waals surface area contributed by atoms with Gasteiger partial charge in [-0.1, -0.05) is 30.3 Å². The van der Waals surface area contributed by atoms with Crippen LogP contribution in [0.3, 0.4) is 0 Å². The van der Waals surface area contributed by atoms with Gasteiger partial charge in [0.05, 0.1) is 12.2 Å². The third kappa shape index (κ3) is 5.49. The molecule has 3 rings (SSSR count). The maximum atomic E-state index is 12.8. The average Bonchev–Trinajstić information content (AvgIpc) is 3.04. The zero-order chi connectivity index (χ0) is 21.5. The van der Waals surface area contributed by atoms with Crippen molar-refractivity contribution < 1.29 is 19.1 Å². The largest absolute Gasteiger partial charge is 0.460 e. The van der Waals surface area contributed by atoms with E-state index >= 15 is 0 Å². The number of ether oxygens (including phenoxy) is 2. The first-order valence-electron chi connectivity index (χ1n) is 10.4. The number of hydrogen-bond donors (Lipinski definition) is 2. The van der Waals surface area contributed by atoms with Gasteiger partial charge in [0.25, 0.3) is 5.91 Å². The van der Waals surface area contributed by atoms with E-state index in [9.17, 15) is 9.59 Å². The smallest absolute Gasteiger partial charge is 0.340 e. The molecule has 1 aliphatic heterocycles. The summed E-state index contributed by atoms with van der Waals surface area (Å²) in [6, 6.07) is 10.6. The first kappa shape index (κ1) is 22.1. The quantitative estimate of drug-likeness (QED) is 0.514. The Hall–Kier alpha value is -2.64. The predicted octanol–water partition coefficient (Wildman–Crippen LogP) is 2.83. The second kappa shape index (κ2) is 10.4. The highest BCUT2D eigenvalue weighted by molar-refractivity contribution is 6.00. The minimum absolute atomic E-state index is 0.129. The number of rotatable bonds is 8. The Morgan fingerprint density at radius 3 is 2.50 bits per heavy atom. The van der Waals surface area contributed by atoms with Gasteiger partial charge in [0.2, 0.25) is 0 Å². The molecule has 1 aromatic carbocycles. The molecular formula is C23H31N3O4. The number of esters is 1. The molecule has 0 unspecified atom stereocenters. The SMILES string of the molecule is COCCOC(=O)c1c(C)[nH]c(C(=O)NC2CCN(Cc3ccccc3)CC2)c1C. The van der Waals surface area contributed by atoms with E-state index in [0.29, 0.717) is 29.1 Å². The molecule has 7 heteroatoms. The summed E-state index contributed by atoms with van der Waals surface area (Å²) in [6.45, 7) is 6.89. The number of hydrogen-bond acceptors (Lipinski definition) is 5. The van der Waals surface area contributed by atoms with E-state index < -0.39 is 5.97 Å². The monoisotopic (exact) mass is 413 g/mol. The number of aryl methyl sites for hydroxylation is 1. The standard InChI is InChI=1S/C23H31N3O4/c1-16-20(23(28)30-14-13-29-3)17(2)24-21(16)22(27)25-19-9-11-26(12-10-19)15-18-7-5-4-6-8-18/h4-8,19,24H,9-15H2,1-3H3,(H,25,27). The van der Waals surface area contributed by atoms with Gasteiger partial charge in [0.15, 0.2) is 0 Å². The lowest BCUT2D eigenvalue weighted by atomic mass is 10.0. The zero-order valence-electron chi connectivity index (χ0n) is 18.0. The van der Waals surface area contributed by atoms with Gasteiger partial charge in [-0.25, -0.2) is 4.79 Å². The number of likely N-dealkylation sites (tertiary alicyclic amines) is 1. The van der Waals surface area contributed by atoms with Crippen molar-refractivity contribution in [3.05, 3.63) is 58.4 Å². The summed E-state index contributed by atoms with van der Waals surface area (Å²) in [5, 5.41) is 3.12. The van der Waals surface area contributed by atoms with Crippen LogP contribution in [-0.4, -0.2) is 61.2 Å². The van der Waals surface area contributed by atoms with E-state index in [-0.39, 0.29) is 18.6 Å². The number of piperidine rings is 1. The third-order valence-corrected chi connectivity index (χ3v) is 5.56. The van der Waals surface area contributed by atoms with Crippen LogP contribution in [0.15, 0.2) is 30.3 Å². The normalized spacial score (nSPS) is 15.2. The molecule has 0 radical (unpaired) electrons. The minimum atomic E-state index is -0.438. The van der Waals surface area contributed by atoms with Crippen molar-refractivity contribution in [3.8, 4) is 0 Å². The summed E-state index contributed by atoms with van der Waals surface area (Å²) in [5.41, 5.74) is 3.42. The maximum absolute atomic E-state index is 12.8. The van der Waals surface area contributed by atoms with Crippen molar-refractivity contribution in [1.29, 1.82) is 0 Å². The van der Waals surface area contributed by atoms with Crippen LogP contribution in [-0.2, 0) is 16.0 Å². The van der Waals surface area contributed by atoms with Crippen molar-refractivity contribution >= 4 is 11.9 Å². The molecular weight excluding hydrogens is 382 g/mol. The first-order valence-corrected chi connectivity index (χ1v) is 10.4. The number of carbonyl (C=O) groups excluding carboxylic acids is 2. The van der Waals surface area contributed by atoms with Gasteiger partial charge in [-0.3, -0.25) is 9.69 Å². The van der Waals surface area contributed by atoms with Crippen LogP contribution >= 0.6 is 0 Å². The van der Waals surface area contributed by atoms with Crippen molar-refractivity contribution in [2.45, 2.75) is 39.3 Å². The van der Waals surface area contributed by atoms with Gasteiger partial charge in [0.1, 0.15) is 12.3 Å². The lowest BCUT2D eigenvalue weighted by Crippen LogP contribution is -2.44.